The Bertz CT molecular complexity index is 722. The van der Waals surface area contributed by atoms with Crippen molar-refractivity contribution in [1.82, 2.24) is 14.8 Å². The maximum atomic E-state index is 13.3. The van der Waals surface area contributed by atoms with Gasteiger partial charge in [-0.25, -0.2) is 4.39 Å². The van der Waals surface area contributed by atoms with E-state index in [-0.39, 0.29) is 11.7 Å². The predicted octanol–water partition coefficient (Wildman–Crippen LogP) is 2.42. The topological polar surface area (TPSA) is 36.4 Å². The SMILES string of the molecule is O=C(c1cccnc1)N1C[C@@H]2CN(Cc3cccc(F)c3)C[C@H]2C1. The van der Waals surface area contributed by atoms with Crippen LogP contribution in [0.5, 0.6) is 0 Å². The first kappa shape index (κ1) is 15.3. The molecule has 0 unspecified atom stereocenters. The molecule has 4 nitrogen and oxygen atoms in total. The Morgan fingerprint density at radius 3 is 2.58 bits per heavy atom. The summed E-state index contributed by atoms with van der Waals surface area (Å²) in [5.41, 5.74) is 1.67. The van der Waals surface area contributed by atoms with E-state index in [0.717, 1.165) is 38.3 Å². The molecule has 0 N–H and O–H groups in total. The van der Waals surface area contributed by atoms with Crippen molar-refractivity contribution in [3.63, 3.8) is 0 Å². The number of hydrogen-bond acceptors (Lipinski definition) is 3. The molecule has 2 saturated heterocycles. The smallest absolute Gasteiger partial charge is 0.255 e. The molecule has 0 aliphatic carbocycles. The van der Waals surface area contributed by atoms with E-state index in [1.165, 1.54) is 6.07 Å². The molecular formula is C19H20FN3O. The van der Waals surface area contributed by atoms with Crippen molar-refractivity contribution in [3.05, 3.63) is 65.7 Å². The molecule has 24 heavy (non-hydrogen) atoms. The first-order valence-corrected chi connectivity index (χ1v) is 8.35. The van der Waals surface area contributed by atoms with Crippen molar-refractivity contribution in [1.29, 1.82) is 0 Å². The van der Waals surface area contributed by atoms with Gasteiger partial charge in [-0.3, -0.25) is 14.7 Å². The molecule has 1 aromatic heterocycles. The van der Waals surface area contributed by atoms with Crippen molar-refractivity contribution in [2.24, 2.45) is 11.8 Å². The molecule has 1 aromatic carbocycles. The number of rotatable bonds is 3. The zero-order valence-electron chi connectivity index (χ0n) is 13.4. The molecular weight excluding hydrogens is 305 g/mol. The first-order valence-electron chi connectivity index (χ1n) is 8.35. The Labute approximate surface area is 140 Å². The van der Waals surface area contributed by atoms with Crippen LogP contribution in [0.4, 0.5) is 4.39 Å². The fourth-order valence-electron chi connectivity index (χ4n) is 3.95. The van der Waals surface area contributed by atoms with E-state index in [0.29, 0.717) is 17.4 Å². The van der Waals surface area contributed by atoms with Crippen LogP contribution in [-0.2, 0) is 6.54 Å². The number of amides is 1. The summed E-state index contributed by atoms with van der Waals surface area (Å²) in [5, 5.41) is 0. The molecule has 2 fully saturated rings. The Hall–Kier alpha value is -2.27. The van der Waals surface area contributed by atoms with Crippen molar-refractivity contribution in [3.8, 4) is 0 Å². The molecule has 0 bridgehead atoms. The zero-order chi connectivity index (χ0) is 16.5. The average molecular weight is 325 g/mol. The van der Waals surface area contributed by atoms with Gasteiger partial charge in [0.15, 0.2) is 0 Å². The fraction of sp³-hybridized carbons (Fsp3) is 0.368. The lowest BCUT2D eigenvalue weighted by atomic mass is 10.0. The Morgan fingerprint density at radius 2 is 1.92 bits per heavy atom. The minimum absolute atomic E-state index is 0.0779. The maximum Gasteiger partial charge on any atom is 0.255 e. The third kappa shape index (κ3) is 3.04. The summed E-state index contributed by atoms with van der Waals surface area (Å²) in [6.45, 7) is 4.33. The molecule has 0 spiro atoms. The number of halogens is 1. The highest BCUT2D eigenvalue weighted by atomic mass is 19.1. The molecule has 124 valence electrons. The lowest BCUT2D eigenvalue weighted by molar-refractivity contribution is 0.0773. The van der Waals surface area contributed by atoms with Gasteiger partial charge in [-0.05, 0) is 41.7 Å². The van der Waals surface area contributed by atoms with E-state index in [9.17, 15) is 9.18 Å². The molecule has 2 aromatic rings. The number of carbonyl (C=O) groups excluding carboxylic acids is 1. The minimum atomic E-state index is -0.180. The van der Waals surface area contributed by atoms with Crippen molar-refractivity contribution in [2.45, 2.75) is 6.54 Å². The van der Waals surface area contributed by atoms with Crippen molar-refractivity contribution < 1.29 is 9.18 Å². The van der Waals surface area contributed by atoms with E-state index in [1.54, 1.807) is 30.6 Å². The largest absolute Gasteiger partial charge is 0.338 e. The van der Waals surface area contributed by atoms with Crippen LogP contribution in [0, 0.1) is 17.7 Å². The number of carbonyl (C=O) groups is 1. The van der Waals surface area contributed by atoms with Crippen LogP contribution >= 0.6 is 0 Å². The van der Waals surface area contributed by atoms with Gasteiger partial charge in [0, 0.05) is 45.1 Å². The number of benzene rings is 1. The summed E-state index contributed by atoms with van der Waals surface area (Å²) >= 11 is 0. The van der Waals surface area contributed by atoms with E-state index >= 15 is 0 Å². The summed E-state index contributed by atoms with van der Waals surface area (Å²) < 4.78 is 13.3. The highest BCUT2D eigenvalue weighted by Gasteiger charge is 2.41. The lowest BCUT2D eigenvalue weighted by Gasteiger charge is -2.21. The van der Waals surface area contributed by atoms with Crippen LogP contribution < -0.4 is 0 Å². The zero-order valence-corrected chi connectivity index (χ0v) is 13.4. The highest BCUT2D eigenvalue weighted by molar-refractivity contribution is 5.94. The second kappa shape index (κ2) is 6.32. The predicted molar refractivity (Wildman–Crippen MR) is 88.8 cm³/mol. The molecule has 0 saturated carbocycles. The quantitative estimate of drug-likeness (QED) is 0.870. The van der Waals surface area contributed by atoms with Crippen LogP contribution in [0.1, 0.15) is 15.9 Å². The summed E-state index contributed by atoms with van der Waals surface area (Å²) in [4.78, 5) is 20.9. The standard InChI is InChI=1S/C19H20FN3O/c20-18-5-1-3-14(7-18)9-22-10-16-12-23(13-17(16)11-22)19(24)15-4-2-6-21-8-15/h1-8,16-17H,9-13H2/t16-,17-/m0/s1. The Kier molecular flexibility index (Phi) is 4.02. The van der Waals surface area contributed by atoms with Crippen LogP contribution in [0.3, 0.4) is 0 Å². The molecule has 3 heterocycles. The molecule has 0 radical (unpaired) electrons. The summed E-state index contributed by atoms with van der Waals surface area (Å²) in [7, 11) is 0. The van der Waals surface area contributed by atoms with Gasteiger partial charge in [0.1, 0.15) is 5.82 Å². The normalized spacial score (nSPS) is 23.5. The third-order valence-corrected chi connectivity index (χ3v) is 5.05. The Morgan fingerprint density at radius 1 is 1.12 bits per heavy atom. The lowest BCUT2D eigenvalue weighted by Crippen LogP contribution is -2.33. The molecule has 2 aliphatic rings. The Balaban J connectivity index is 1.36. The van der Waals surface area contributed by atoms with E-state index in [2.05, 4.69) is 9.88 Å². The summed E-state index contributed by atoms with van der Waals surface area (Å²) in [6, 6.07) is 10.4. The van der Waals surface area contributed by atoms with Gasteiger partial charge in [0.25, 0.3) is 5.91 Å². The van der Waals surface area contributed by atoms with Gasteiger partial charge in [-0.1, -0.05) is 12.1 Å². The monoisotopic (exact) mass is 325 g/mol. The van der Waals surface area contributed by atoms with Crippen LogP contribution in [0.15, 0.2) is 48.8 Å². The highest BCUT2D eigenvalue weighted by Crippen LogP contribution is 2.32. The van der Waals surface area contributed by atoms with Crippen LogP contribution in [-0.4, -0.2) is 46.9 Å². The van der Waals surface area contributed by atoms with Gasteiger partial charge < -0.3 is 4.90 Å². The number of aromatic nitrogens is 1. The number of pyridine rings is 1. The second-order valence-electron chi connectivity index (χ2n) is 6.80. The molecule has 2 atom stereocenters. The molecule has 1 amide bonds. The fourth-order valence-corrected chi connectivity index (χ4v) is 3.95. The third-order valence-electron chi connectivity index (χ3n) is 5.05. The van der Waals surface area contributed by atoms with Gasteiger partial charge >= 0.3 is 0 Å². The molecule has 4 rings (SSSR count). The number of fused-ring (bicyclic) bond motifs is 1. The molecule has 5 heteroatoms. The number of hydrogen-bond donors (Lipinski definition) is 0. The van der Waals surface area contributed by atoms with Gasteiger partial charge in [-0.15, -0.1) is 0 Å². The molecule has 2 aliphatic heterocycles. The van der Waals surface area contributed by atoms with E-state index < -0.39 is 0 Å². The van der Waals surface area contributed by atoms with Gasteiger partial charge in [0.05, 0.1) is 5.56 Å². The number of likely N-dealkylation sites (tertiary alicyclic amines) is 2. The van der Waals surface area contributed by atoms with Gasteiger partial charge in [-0.2, -0.15) is 0 Å². The summed E-state index contributed by atoms with van der Waals surface area (Å²) in [5.74, 6) is 0.924. The first-order chi connectivity index (χ1) is 11.7. The van der Waals surface area contributed by atoms with Crippen molar-refractivity contribution in [2.75, 3.05) is 26.2 Å². The maximum absolute atomic E-state index is 13.3. The minimum Gasteiger partial charge on any atom is -0.338 e. The van der Waals surface area contributed by atoms with E-state index in [4.69, 9.17) is 0 Å². The van der Waals surface area contributed by atoms with Crippen LogP contribution in [0.25, 0.3) is 0 Å². The van der Waals surface area contributed by atoms with Crippen molar-refractivity contribution >= 4 is 5.91 Å². The number of nitrogens with zero attached hydrogens (tertiary/aromatic N) is 3. The average Bonchev–Trinajstić information content (AvgIpc) is 3.13. The second-order valence-corrected chi connectivity index (χ2v) is 6.80. The van der Waals surface area contributed by atoms with E-state index in [1.807, 2.05) is 17.0 Å². The summed E-state index contributed by atoms with van der Waals surface area (Å²) in [6.07, 6.45) is 3.31. The van der Waals surface area contributed by atoms with Crippen LogP contribution in [0.2, 0.25) is 0 Å². The van der Waals surface area contributed by atoms with Gasteiger partial charge in [0.2, 0.25) is 0 Å².